The Kier molecular flexibility index (Phi) is 4.00. The molecule has 1 aliphatic heterocycles. The lowest BCUT2D eigenvalue weighted by atomic mass is 9.93. The van der Waals surface area contributed by atoms with Gasteiger partial charge in [-0.2, -0.15) is 0 Å². The van der Waals surface area contributed by atoms with Gasteiger partial charge in [0.1, 0.15) is 0 Å². The van der Waals surface area contributed by atoms with Gasteiger partial charge in [-0.05, 0) is 50.4 Å². The van der Waals surface area contributed by atoms with Crippen LogP contribution in [-0.2, 0) is 5.92 Å². The van der Waals surface area contributed by atoms with E-state index in [2.05, 4.69) is 5.32 Å². The van der Waals surface area contributed by atoms with Crippen LogP contribution in [0.25, 0.3) is 0 Å². The van der Waals surface area contributed by atoms with Gasteiger partial charge in [0.05, 0.1) is 0 Å². The molecule has 3 heteroatoms. The third kappa shape index (κ3) is 3.08. The van der Waals surface area contributed by atoms with Crippen LogP contribution in [0.3, 0.4) is 0 Å². The van der Waals surface area contributed by atoms with Crippen LogP contribution in [0.1, 0.15) is 42.4 Å². The van der Waals surface area contributed by atoms with Crippen LogP contribution in [0.4, 0.5) is 8.78 Å². The lowest BCUT2D eigenvalue weighted by molar-refractivity contribution is -0.0253. The fourth-order valence-corrected chi connectivity index (χ4v) is 2.49. The summed E-state index contributed by atoms with van der Waals surface area (Å²) < 4.78 is 28.4. The summed E-state index contributed by atoms with van der Waals surface area (Å²) in [6.45, 7) is 4.70. The van der Waals surface area contributed by atoms with Crippen LogP contribution in [0.2, 0.25) is 0 Å². The lowest BCUT2D eigenvalue weighted by Gasteiger charge is -2.28. The number of aryl methyl sites for hydroxylation is 2. The topological polar surface area (TPSA) is 12.0 Å². The molecule has 0 bridgehead atoms. The Morgan fingerprint density at radius 2 is 2.00 bits per heavy atom. The predicted molar refractivity (Wildman–Crippen MR) is 70.1 cm³/mol. The first-order valence-corrected chi connectivity index (χ1v) is 6.68. The van der Waals surface area contributed by atoms with E-state index in [1.807, 2.05) is 13.8 Å². The first-order chi connectivity index (χ1) is 8.49. The average molecular weight is 253 g/mol. The number of hydrogen-bond acceptors (Lipinski definition) is 1. The largest absolute Gasteiger partial charge is 0.314 e. The van der Waals surface area contributed by atoms with Crippen LogP contribution in [0.5, 0.6) is 0 Å². The van der Waals surface area contributed by atoms with Gasteiger partial charge in [0.15, 0.2) is 0 Å². The number of benzene rings is 1. The maximum Gasteiger partial charge on any atom is 0.274 e. The van der Waals surface area contributed by atoms with Gasteiger partial charge < -0.3 is 5.32 Å². The fraction of sp³-hybridized carbons (Fsp3) is 0.600. The smallest absolute Gasteiger partial charge is 0.274 e. The molecule has 0 aliphatic carbocycles. The third-order valence-corrected chi connectivity index (χ3v) is 3.84. The number of rotatable bonds is 3. The second-order valence-electron chi connectivity index (χ2n) is 5.35. The van der Waals surface area contributed by atoms with Gasteiger partial charge >= 0.3 is 0 Å². The monoisotopic (exact) mass is 253 g/mol. The number of alkyl halides is 2. The summed E-state index contributed by atoms with van der Waals surface area (Å²) in [6.07, 6.45) is 2.93. The molecule has 1 fully saturated rings. The summed E-state index contributed by atoms with van der Waals surface area (Å²) in [6, 6.07) is 4.92. The van der Waals surface area contributed by atoms with E-state index in [9.17, 15) is 8.78 Å². The molecule has 0 amide bonds. The average Bonchev–Trinajstić information content (AvgIpc) is 2.33. The van der Waals surface area contributed by atoms with Crippen molar-refractivity contribution < 1.29 is 8.78 Å². The zero-order valence-electron chi connectivity index (χ0n) is 11.1. The fourth-order valence-electron chi connectivity index (χ4n) is 2.49. The standard InChI is InChI=1S/C15H21F2N/c1-11-6-7-13(9-12(11)2)15(16,17)10-14-5-3-4-8-18-14/h6-7,9,14,18H,3-5,8,10H2,1-2H3. The van der Waals surface area contributed by atoms with Gasteiger partial charge in [-0.1, -0.05) is 18.6 Å². The van der Waals surface area contributed by atoms with Crippen molar-refractivity contribution in [2.45, 2.75) is 51.5 Å². The highest BCUT2D eigenvalue weighted by atomic mass is 19.3. The Labute approximate surface area is 108 Å². The third-order valence-electron chi connectivity index (χ3n) is 3.84. The van der Waals surface area contributed by atoms with Crippen molar-refractivity contribution in [2.75, 3.05) is 6.54 Å². The molecule has 1 nitrogen and oxygen atoms in total. The molecule has 1 atom stereocenters. The van der Waals surface area contributed by atoms with Crippen molar-refractivity contribution in [1.82, 2.24) is 5.32 Å². The molecule has 0 radical (unpaired) electrons. The SMILES string of the molecule is Cc1ccc(C(F)(F)CC2CCCCN2)cc1C. The molecule has 0 spiro atoms. The van der Waals surface area contributed by atoms with Gasteiger partial charge in [0, 0.05) is 18.0 Å². The minimum atomic E-state index is -2.73. The van der Waals surface area contributed by atoms with Gasteiger partial charge in [-0.25, -0.2) is 8.78 Å². The van der Waals surface area contributed by atoms with Crippen LogP contribution in [-0.4, -0.2) is 12.6 Å². The van der Waals surface area contributed by atoms with Crippen LogP contribution in [0, 0.1) is 13.8 Å². The zero-order valence-corrected chi connectivity index (χ0v) is 11.1. The van der Waals surface area contributed by atoms with Gasteiger partial charge in [0.25, 0.3) is 5.92 Å². The predicted octanol–water partition coefficient (Wildman–Crippen LogP) is 3.93. The Balaban J connectivity index is 2.10. The molecule has 2 rings (SSSR count). The van der Waals surface area contributed by atoms with E-state index in [4.69, 9.17) is 0 Å². The lowest BCUT2D eigenvalue weighted by Crippen LogP contribution is -2.38. The van der Waals surface area contributed by atoms with E-state index in [0.717, 1.165) is 36.9 Å². The summed E-state index contributed by atoms with van der Waals surface area (Å²) >= 11 is 0. The van der Waals surface area contributed by atoms with E-state index in [0.29, 0.717) is 0 Å². The first kappa shape index (κ1) is 13.5. The Morgan fingerprint density at radius 1 is 1.22 bits per heavy atom. The maximum atomic E-state index is 14.2. The Hall–Kier alpha value is -0.960. The number of nitrogens with one attached hydrogen (secondary N) is 1. The number of piperidine rings is 1. The Morgan fingerprint density at radius 3 is 2.61 bits per heavy atom. The van der Waals surface area contributed by atoms with Gasteiger partial charge in [-0.3, -0.25) is 0 Å². The molecule has 100 valence electrons. The highest BCUT2D eigenvalue weighted by Crippen LogP contribution is 2.35. The van der Waals surface area contributed by atoms with E-state index in [1.165, 1.54) is 0 Å². The van der Waals surface area contributed by atoms with Gasteiger partial charge in [-0.15, -0.1) is 0 Å². The summed E-state index contributed by atoms with van der Waals surface area (Å²) in [5.74, 6) is -2.73. The number of hydrogen-bond donors (Lipinski definition) is 1. The second-order valence-corrected chi connectivity index (χ2v) is 5.35. The zero-order chi connectivity index (χ0) is 13.2. The summed E-state index contributed by atoms with van der Waals surface area (Å²) in [5, 5.41) is 3.19. The second kappa shape index (κ2) is 5.35. The van der Waals surface area contributed by atoms with Gasteiger partial charge in [0.2, 0.25) is 0 Å². The van der Waals surface area contributed by atoms with Crippen LogP contribution < -0.4 is 5.32 Å². The molecule has 1 aliphatic rings. The molecule has 1 unspecified atom stereocenters. The summed E-state index contributed by atoms with van der Waals surface area (Å²) in [7, 11) is 0. The highest BCUT2D eigenvalue weighted by molar-refractivity contribution is 5.32. The van der Waals surface area contributed by atoms with E-state index in [1.54, 1.807) is 18.2 Å². The van der Waals surface area contributed by atoms with Crippen molar-refractivity contribution in [3.63, 3.8) is 0 Å². The van der Waals surface area contributed by atoms with Crippen molar-refractivity contribution in [2.24, 2.45) is 0 Å². The molecular weight excluding hydrogens is 232 g/mol. The Bertz CT molecular complexity index is 409. The van der Waals surface area contributed by atoms with Crippen molar-refractivity contribution in [1.29, 1.82) is 0 Å². The minimum absolute atomic E-state index is 0.0460. The normalized spacial score (nSPS) is 21.0. The van der Waals surface area contributed by atoms with E-state index >= 15 is 0 Å². The van der Waals surface area contributed by atoms with Crippen molar-refractivity contribution in [3.8, 4) is 0 Å². The van der Waals surface area contributed by atoms with E-state index < -0.39 is 5.92 Å². The summed E-state index contributed by atoms with van der Waals surface area (Å²) in [5.41, 5.74) is 2.15. The highest BCUT2D eigenvalue weighted by Gasteiger charge is 2.35. The van der Waals surface area contributed by atoms with E-state index in [-0.39, 0.29) is 18.0 Å². The molecule has 1 N–H and O–H groups in total. The molecule has 0 saturated carbocycles. The molecule has 1 aromatic rings. The molecule has 0 aromatic heterocycles. The van der Waals surface area contributed by atoms with Crippen LogP contribution in [0.15, 0.2) is 18.2 Å². The molecule has 1 saturated heterocycles. The molecule has 1 heterocycles. The van der Waals surface area contributed by atoms with Crippen LogP contribution >= 0.6 is 0 Å². The van der Waals surface area contributed by atoms with Crippen molar-refractivity contribution >= 4 is 0 Å². The molecule has 1 aromatic carbocycles. The molecule has 18 heavy (non-hydrogen) atoms. The quantitative estimate of drug-likeness (QED) is 0.860. The minimum Gasteiger partial charge on any atom is -0.314 e. The first-order valence-electron chi connectivity index (χ1n) is 6.68. The number of halogens is 2. The maximum absolute atomic E-state index is 14.2. The van der Waals surface area contributed by atoms with Crippen molar-refractivity contribution in [3.05, 3.63) is 34.9 Å². The molecular formula is C15H21F2N. The summed E-state index contributed by atoms with van der Waals surface area (Å²) in [4.78, 5) is 0.